The van der Waals surface area contributed by atoms with E-state index in [1.165, 1.54) is 12.1 Å². The lowest BCUT2D eigenvalue weighted by atomic mass is 9.74. The fourth-order valence-corrected chi connectivity index (χ4v) is 12.3. The van der Waals surface area contributed by atoms with Crippen molar-refractivity contribution in [3.8, 4) is 100 Å². The third kappa shape index (κ3) is 11.0. The summed E-state index contributed by atoms with van der Waals surface area (Å²) in [6.07, 6.45) is -11.8. The Labute approximate surface area is 498 Å². The lowest BCUT2D eigenvalue weighted by molar-refractivity contribution is -0.287. The Morgan fingerprint density at radius 2 is 0.435 bits per heavy atom. The molecule has 85 heavy (non-hydrogen) atoms. The molecule has 0 bridgehead atoms. The quantitative estimate of drug-likeness (QED) is 0.133. The molecule has 10 aromatic carbocycles. The van der Waals surface area contributed by atoms with Gasteiger partial charge < -0.3 is 0 Å². The van der Waals surface area contributed by atoms with E-state index in [0.717, 1.165) is 66.8 Å². The van der Waals surface area contributed by atoms with Gasteiger partial charge in [0.15, 0.2) is 0 Å². The van der Waals surface area contributed by atoms with Crippen LogP contribution in [0.15, 0.2) is 218 Å². The molecule has 1 aliphatic rings. The van der Waals surface area contributed by atoms with Gasteiger partial charge in [0.05, 0.1) is 0 Å². The van der Waals surface area contributed by atoms with Crippen LogP contribution in [0.1, 0.15) is 116 Å². The van der Waals surface area contributed by atoms with Gasteiger partial charge in [-0.3, -0.25) is 0 Å². The van der Waals surface area contributed by atoms with E-state index < -0.39 is 28.9 Å². The molecule has 0 heterocycles. The Hall–Kier alpha value is -8.22. The summed E-state index contributed by atoms with van der Waals surface area (Å²) in [5.74, 6) is 0. The van der Waals surface area contributed by atoms with Gasteiger partial charge in [0.2, 0.25) is 5.41 Å². The highest BCUT2D eigenvalue weighted by atomic mass is 19.4. The van der Waals surface area contributed by atoms with Crippen molar-refractivity contribution in [2.24, 2.45) is 0 Å². The Morgan fingerprint density at radius 3 is 0.647 bits per heavy atom. The topological polar surface area (TPSA) is 0 Å². The number of halogens is 6. The summed E-state index contributed by atoms with van der Waals surface area (Å²) in [6.45, 7) is 25.7. The number of hydrogen-bond acceptors (Lipinski definition) is 0. The standard InChI is InChI=1S/C79H72F6/c1-73(2,3)63-31-23-49(24-32-63)55-39-56(50-25-33-64(34-26-50)74(4,5)6)42-59(41-55)61-45-67(53-19-15-13-16-20-53)71-69(47-61)77(78(80,81)82,79(83,84)85)70-48-62(46-68(72(70)71)54-21-17-14-18-22-54)60-43-57(51-27-35-65(36-28-51)75(7,8)9)40-58(44-60)52-29-37-66(38-30-52)76(10,11)12/h13-48H,1-12H3. The maximum absolute atomic E-state index is 17.3. The molecule has 0 saturated carbocycles. The maximum Gasteiger partial charge on any atom is 0.411 e. The molecule has 10 aromatic rings. The third-order valence-corrected chi connectivity index (χ3v) is 17.2. The van der Waals surface area contributed by atoms with Crippen molar-refractivity contribution in [1.82, 2.24) is 0 Å². The number of hydrogen-bond donors (Lipinski definition) is 0. The largest absolute Gasteiger partial charge is 0.411 e. The summed E-state index contributed by atoms with van der Waals surface area (Å²) >= 11 is 0. The fourth-order valence-electron chi connectivity index (χ4n) is 12.3. The molecular weight excluding hydrogens is 1060 g/mol. The SMILES string of the molecule is CC(C)(C)c1ccc(-c2cc(-c3ccc(C(C)(C)C)cc3)cc(-c3cc(-c4ccccc4)c4c(c3)C(C(F)(F)F)(C(F)(F)F)c3cc(-c5cc(-c6ccc(C(C)(C)C)cc6)cc(-c6ccc(C(C)(C)C)cc6)c5)cc(-c5ccccc5)c3-4)c2)cc1. The molecule has 0 N–H and O–H groups in total. The lowest BCUT2D eigenvalue weighted by Crippen LogP contribution is -2.53. The molecule has 6 heteroatoms. The molecule has 0 radical (unpaired) electrons. The molecule has 0 unspecified atom stereocenters. The van der Waals surface area contributed by atoms with Gasteiger partial charge in [-0.1, -0.05) is 241 Å². The molecule has 0 atom stereocenters. The van der Waals surface area contributed by atoms with E-state index in [1.54, 1.807) is 72.8 Å². The predicted octanol–water partition coefficient (Wildman–Crippen LogP) is 23.6. The zero-order valence-electron chi connectivity index (χ0n) is 50.6. The van der Waals surface area contributed by atoms with Crippen LogP contribution in [0.3, 0.4) is 0 Å². The minimum atomic E-state index is -5.89. The summed E-state index contributed by atoms with van der Waals surface area (Å²) in [5.41, 5.74) is 6.88. The number of rotatable bonds is 8. The van der Waals surface area contributed by atoms with E-state index in [0.29, 0.717) is 22.3 Å². The number of benzene rings is 10. The Morgan fingerprint density at radius 1 is 0.224 bits per heavy atom. The summed E-state index contributed by atoms with van der Waals surface area (Å²) in [6, 6.07) is 68.2. The smallest absolute Gasteiger partial charge is 0.169 e. The third-order valence-electron chi connectivity index (χ3n) is 17.2. The Kier molecular flexibility index (Phi) is 14.5. The van der Waals surface area contributed by atoms with E-state index in [9.17, 15) is 0 Å². The van der Waals surface area contributed by atoms with E-state index in [-0.39, 0.29) is 55.0 Å². The van der Waals surface area contributed by atoms with Gasteiger partial charge in [0.25, 0.3) is 0 Å². The van der Waals surface area contributed by atoms with E-state index in [4.69, 9.17) is 0 Å². The van der Waals surface area contributed by atoms with Gasteiger partial charge in [-0.15, -0.1) is 0 Å². The highest BCUT2D eigenvalue weighted by Crippen LogP contribution is 2.67. The van der Waals surface area contributed by atoms with Crippen LogP contribution in [0.25, 0.3) is 100 Å². The zero-order valence-corrected chi connectivity index (χ0v) is 50.6. The molecule has 0 aromatic heterocycles. The molecule has 0 amide bonds. The molecule has 0 fully saturated rings. The fraction of sp³-hybridized carbons (Fsp3) is 0.241. The van der Waals surface area contributed by atoms with Gasteiger partial charge in [-0.2, -0.15) is 26.3 Å². The summed E-state index contributed by atoms with van der Waals surface area (Å²) in [7, 11) is 0. The van der Waals surface area contributed by atoms with E-state index in [1.807, 2.05) is 72.8 Å². The van der Waals surface area contributed by atoms with Crippen molar-refractivity contribution >= 4 is 0 Å². The predicted molar refractivity (Wildman–Crippen MR) is 343 cm³/mol. The minimum Gasteiger partial charge on any atom is -0.169 e. The van der Waals surface area contributed by atoms with Crippen LogP contribution in [0.2, 0.25) is 0 Å². The molecule has 0 nitrogen and oxygen atoms in total. The van der Waals surface area contributed by atoms with Crippen LogP contribution >= 0.6 is 0 Å². The molecule has 430 valence electrons. The molecular formula is C79H72F6. The van der Waals surface area contributed by atoms with Gasteiger partial charge in [-0.05, 0) is 216 Å². The molecule has 0 aliphatic heterocycles. The normalized spacial score (nSPS) is 13.6. The first-order valence-corrected chi connectivity index (χ1v) is 29.3. The minimum absolute atomic E-state index is 0.107. The maximum atomic E-state index is 17.3. The van der Waals surface area contributed by atoms with Gasteiger partial charge in [0, 0.05) is 0 Å². The van der Waals surface area contributed by atoms with Crippen LogP contribution in [-0.4, -0.2) is 12.4 Å². The van der Waals surface area contributed by atoms with E-state index >= 15 is 26.3 Å². The monoisotopic (exact) mass is 1130 g/mol. The zero-order chi connectivity index (χ0) is 60.8. The van der Waals surface area contributed by atoms with Crippen molar-refractivity contribution in [3.05, 3.63) is 252 Å². The van der Waals surface area contributed by atoms with Crippen molar-refractivity contribution in [2.75, 3.05) is 0 Å². The van der Waals surface area contributed by atoms with Gasteiger partial charge >= 0.3 is 12.4 Å². The lowest BCUT2D eigenvalue weighted by Gasteiger charge is -2.36. The molecule has 1 aliphatic carbocycles. The van der Waals surface area contributed by atoms with Crippen molar-refractivity contribution < 1.29 is 26.3 Å². The number of alkyl halides is 6. The highest BCUT2D eigenvalue weighted by Gasteiger charge is 2.76. The molecule has 0 spiro atoms. The highest BCUT2D eigenvalue weighted by molar-refractivity contribution is 6.04. The van der Waals surface area contributed by atoms with Crippen LogP contribution in [0.5, 0.6) is 0 Å². The summed E-state index contributed by atoms with van der Waals surface area (Å²) in [5, 5.41) is 0. The molecule has 11 rings (SSSR count). The second kappa shape index (κ2) is 21.1. The van der Waals surface area contributed by atoms with E-state index in [2.05, 4.69) is 144 Å². The van der Waals surface area contributed by atoms with Crippen molar-refractivity contribution in [1.29, 1.82) is 0 Å². The van der Waals surface area contributed by atoms with Crippen molar-refractivity contribution in [2.45, 2.75) is 123 Å². The van der Waals surface area contributed by atoms with Gasteiger partial charge in [-0.25, -0.2) is 0 Å². The first-order valence-electron chi connectivity index (χ1n) is 29.3. The first-order chi connectivity index (χ1) is 39.9. The average molecular weight is 1140 g/mol. The van der Waals surface area contributed by atoms with Crippen LogP contribution in [0, 0.1) is 0 Å². The number of fused-ring (bicyclic) bond motifs is 3. The Balaban J connectivity index is 1.22. The second-order valence-corrected chi connectivity index (χ2v) is 27.3. The molecule has 0 saturated heterocycles. The van der Waals surface area contributed by atoms with Crippen molar-refractivity contribution in [3.63, 3.8) is 0 Å². The van der Waals surface area contributed by atoms with Crippen LogP contribution < -0.4 is 0 Å². The van der Waals surface area contributed by atoms with Crippen LogP contribution in [-0.2, 0) is 27.1 Å². The first kappa shape index (κ1) is 58.5. The summed E-state index contributed by atoms with van der Waals surface area (Å²) in [4.78, 5) is 0. The summed E-state index contributed by atoms with van der Waals surface area (Å²) < 4.78 is 104. The average Bonchev–Trinajstić information content (AvgIpc) is 1.53. The Bertz CT molecular complexity index is 3670. The second-order valence-electron chi connectivity index (χ2n) is 27.3. The van der Waals surface area contributed by atoms with Gasteiger partial charge in [0.1, 0.15) is 0 Å². The van der Waals surface area contributed by atoms with Crippen LogP contribution in [0.4, 0.5) is 26.3 Å².